The molecule has 1 aromatic rings. The van der Waals surface area contributed by atoms with Gasteiger partial charge in [-0.05, 0) is 56.8 Å². The minimum atomic E-state index is 0.422. The fourth-order valence-corrected chi connectivity index (χ4v) is 3.45. The number of nitrogens with zero attached hydrogens (tertiary/aromatic N) is 1. The minimum absolute atomic E-state index is 0.422. The van der Waals surface area contributed by atoms with E-state index in [4.69, 9.17) is 0 Å². The standard InChI is InChI=1S/C18H30N2/c1-5-16-8-10-17(11-9-16)18(19-4)15(3)20-12-6-7-14(2)13-20/h8-11,14-15,18-19H,5-7,12-13H2,1-4H3. The van der Waals surface area contributed by atoms with Crippen molar-refractivity contribution in [3.63, 3.8) is 0 Å². The van der Waals surface area contributed by atoms with Gasteiger partial charge >= 0.3 is 0 Å². The highest BCUT2D eigenvalue weighted by Gasteiger charge is 2.26. The van der Waals surface area contributed by atoms with Crippen molar-refractivity contribution >= 4 is 0 Å². The van der Waals surface area contributed by atoms with Gasteiger partial charge in [0.25, 0.3) is 0 Å². The Morgan fingerprint density at radius 3 is 2.55 bits per heavy atom. The second kappa shape index (κ2) is 7.24. The third-order valence-corrected chi connectivity index (χ3v) is 4.80. The Labute approximate surface area is 124 Å². The molecule has 1 saturated heterocycles. The molecule has 1 fully saturated rings. The summed E-state index contributed by atoms with van der Waals surface area (Å²) >= 11 is 0. The molecule has 3 unspecified atom stereocenters. The van der Waals surface area contributed by atoms with Crippen LogP contribution in [0.15, 0.2) is 24.3 Å². The minimum Gasteiger partial charge on any atom is -0.312 e. The molecule has 0 aromatic heterocycles. The first-order chi connectivity index (χ1) is 9.65. The summed E-state index contributed by atoms with van der Waals surface area (Å²) in [5.41, 5.74) is 2.83. The molecule has 1 N–H and O–H groups in total. The fraction of sp³-hybridized carbons (Fsp3) is 0.667. The molecule has 112 valence electrons. The number of likely N-dealkylation sites (tertiary alicyclic amines) is 1. The van der Waals surface area contributed by atoms with E-state index in [-0.39, 0.29) is 0 Å². The second-order valence-corrected chi connectivity index (χ2v) is 6.34. The second-order valence-electron chi connectivity index (χ2n) is 6.34. The lowest BCUT2D eigenvalue weighted by atomic mass is 9.93. The van der Waals surface area contributed by atoms with E-state index in [2.05, 4.69) is 62.3 Å². The number of piperidine rings is 1. The average molecular weight is 274 g/mol. The monoisotopic (exact) mass is 274 g/mol. The van der Waals surface area contributed by atoms with Gasteiger partial charge in [0.1, 0.15) is 0 Å². The molecule has 2 heteroatoms. The molecule has 1 aliphatic rings. The van der Waals surface area contributed by atoms with Crippen LogP contribution in [0.25, 0.3) is 0 Å². The molecule has 1 aliphatic heterocycles. The molecular weight excluding hydrogens is 244 g/mol. The molecule has 0 saturated carbocycles. The summed E-state index contributed by atoms with van der Waals surface area (Å²) < 4.78 is 0. The molecule has 2 rings (SSSR count). The number of nitrogens with one attached hydrogen (secondary N) is 1. The first-order valence-corrected chi connectivity index (χ1v) is 8.15. The number of aryl methyl sites for hydroxylation is 1. The van der Waals surface area contributed by atoms with Gasteiger partial charge in [-0.2, -0.15) is 0 Å². The number of likely N-dealkylation sites (N-methyl/N-ethyl adjacent to an activating group) is 1. The molecule has 0 radical (unpaired) electrons. The van der Waals surface area contributed by atoms with Crippen molar-refractivity contribution in [3.05, 3.63) is 35.4 Å². The van der Waals surface area contributed by atoms with Gasteiger partial charge in [-0.15, -0.1) is 0 Å². The summed E-state index contributed by atoms with van der Waals surface area (Å²) in [7, 11) is 2.09. The summed E-state index contributed by atoms with van der Waals surface area (Å²) in [5.74, 6) is 0.839. The van der Waals surface area contributed by atoms with Gasteiger partial charge in [-0.3, -0.25) is 4.90 Å². The van der Waals surface area contributed by atoms with Crippen molar-refractivity contribution < 1.29 is 0 Å². The lowest BCUT2D eigenvalue weighted by molar-refractivity contribution is 0.115. The highest BCUT2D eigenvalue weighted by atomic mass is 15.2. The van der Waals surface area contributed by atoms with Gasteiger partial charge in [0, 0.05) is 18.6 Å². The van der Waals surface area contributed by atoms with Crippen LogP contribution in [0, 0.1) is 5.92 Å². The summed E-state index contributed by atoms with van der Waals surface area (Å²) in [5, 5.41) is 3.53. The maximum atomic E-state index is 3.53. The lowest BCUT2D eigenvalue weighted by Crippen LogP contribution is -2.46. The van der Waals surface area contributed by atoms with E-state index in [0.717, 1.165) is 12.3 Å². The van der Waals surface area contributed by atoms with Gasteiger partial charge in [0.2, 0.25) is 0 Å². The Balaban J connectivity index is 2.09. The number of rotatable bonds is 5. The zero-order valence-electron chi connectivity index (χ0n) is 13.5. The van der Waals surface area contributed by atoms with E-state index in [9.17, 15) is 0 Å². The van der Waals surface area contributed by atoms with Crippen LogP contribution < -0.4 is 5.32 Å². The average Bonchev–Trinajstić information content (AvgIpc) is 2.48. The zero-order chi connectivity index (χ0) is 14.5. The largest absolute Gasteiger partial charge is 0.312 e. The lowest BCUT2D eigenvalue weighted by Gasteiger charge is -2.39. The van der Waals surface area contributed by atoms with Crippen LogP contribution >= 0.6 is 0 Å². The first-order valence-electron chi connectivity index (χ1n) is 8.15. The van der Waals surface area contributed by atoms with Crippen LogP contribution in [-0.4, -0.2) is 31.1 Å². The van der Waals surface area contributed by atoms with Crippen molar-refractivity contribution in [1.82, 2.24) is 10.2 Å². The predicted molar refractivity (Wildman–Crippen MR) is 87.1 cm³/mol. The van der Waals surface area contributed by atoms with E-state index in [0.29, 0.717) is 12.1 Å². The maximum absolute atomic E-state index is 3.53. The molecule has 0 aliphatic carbocycles. The van der Waals surface area contributed by atoms with E-state index in [1.807, 2.05) is 0 Å². The van der Waals surface area contributed by atoms with Gasteiger partial charge < -0.3 is 5.32 Å². The fourth-order valence-electron chi connectivity index (χ4n) is 3.45. The summed E-state index contributed by atoms with van der Waals surface area (Å²) in [4.78, 5) is 2.66. The van der Waals surface area contributed by atoms with Crippen molar-refractivity contribution in [1.29, 1.82) is 0 Å². The van der Waals surface area contributed by atoms with Crippen LogP contribution in [0.5, 0.6) is 0 Å². The highest BCUT2D eigenvalue weighted by Crippen LogP contribution is 2.25. The summed E-state index contributed by atoms with van der Waals surface area (Å²) in [6.07, 6.45) is 3.85. The van der Waals surface area contributed by atoms with Crippen LogP contribution in [0.2, 0.25) is 0 Å². The Kier molecular flexibility index (Phi) is 5.62. The van der Waals surface area contributed by atoms with Gasteiger partial charge in [-0.25, -0.2) is 0 Å². The maximum Gasteiger partial charge on any atom is 0.0473 e. The third-order valence-electron chi connectivity index (χ3n) is 4.80. The molecule has 1 heterocycles. The molecule has 2 nitrogen and oxygen atoms in total. The van der Waals surface area contributed by atoms with Crippen molar-refractivity contribution in [3.8, 4) is 0 Å². The topological polar surface area (TPSA) is 15.3 Å². The van der Waals surface area contributed by atoms with Gasteiger partial charge in [-0.1, -0.05) is 38.1 Å². The van der Waals surface area contributed by atoms with Crippen molar-refractivity contribution in [2.75, 3.05) is 20.1 Å². The van der Waals surface area contributed by atoms with Gasteiger partial charge in [0.15, 0.2) is 0 Å². The number of hydrogen-bond acceptors (Lipinski definition) is 2. The quantitative estimate of drug-likeness (QED) is 0.882. The molecule has 0 spiro atoms. The zero-order valence-corrected chi connectivity index (χ0v) is 13.5. The molecule has 0 bridgehead atoms. The van der Waals surface area contributed by atoms with Crippen molar-refractivity contribution in [2.45, 2.75) is 52.1 Å². The molecule has 0 amide bonds. The molecule has 3 atom stereocenters. The van der Waals surface area contributed by atoms with Crippen LogP contribution in [0.4, 0.5) is 0 Å². The van der Waals surface area contributed by atoms with E-state index < -0.39 is 0 Å². The summed E-state index contributed by atoms with van der Waals surface area (Å²) in [6, 6.07) is 10.1. The molecule has 1 aromatic carbocycles. The van der Waals surface area contributed by atoms with E-state index in [1.165, 1.54) is 37.1 Å². The SMILES string of the molecule is CCc1ccc(C(NC)C(C)N2CCCC(C)C2)cc1. The van der Waals surface area contributed by atoms with Crippen LogP contribution in [0.3, 0.4) is 0 Å². The first kappa shape index (κ1) is 15.5. The molecule has 20 heavy (non-hydrogen) atoms. The van der Waals surface area contributed by atoms with E-state index >= 15 is 0 Å². The molecular formula is C18H30N2. The normalized spacial score (nSPS) is 23.5. The Morgan fingerprint density at radius 1 is 1.30 bits per heavy atom. The summed E-state index contributed by atoms with van der Waals surface area (Å²) in [6.45, 7) is 9.45. The predicted octanol–water partition coefficient (Wildman–Crippen LogP) is 3.63. The van der Waals surface area contributed by atoms with Crippen LogP contribution in [-0.2, 0) is 6.42 Å². The van der Waals surface area contributed by atoms with E-state index in [1.54, 1.807) is 0 Å². The smallest absolute Gasteiger partial charge is 0.0473 e. The van der Waals surface area contributed by atoms with Gasteiger partial charge in [0.05, 0.1) is 0 Å². The Hall–Kier alpha value is -0.860. The third kappa shape index (κ3) is 3.62. The number of hydrogen-bond donors (Lipinski definition) is 1. The Morgan fingerprint density at radius 2 is 2.00 bits per heavy atom. The highest BCUT2D eigenvalue weighted by molar-refractivity contribution is 5.26. The Bertz CT molecular complexity index is 398. The number of benzene rings is 1. The van der Waals surface area contributed by atoms with Crippen LogP contribution in [0.1, 0.15) is 50.8 Å². The van der Waals surface area contributed by atoms with Crippen molar-refractivity contribution in [2.24, 2.45) is 5.92 Å².